The summed E-state index contributed by atoms with van der Waals surface area (Å²) in [6.07, 6.45) is 1.33. The van der Waals surface area contributed by atoms with Crippen LogP contribution < -0.4 is 26.6 Å². The number of carboxylic acids is 1. The van der Waals surface area contributed by atoms with Gasteiger partial charge in [-0.15, -0.1) is 0 Å². The number of nitrogens with one attached hydrogen (secondary N) is 3. The Labute approximate surface area is 159 Å². The van der Waals surface area contributed by atoms with E-state index in [1.165, 1.54) is 24.1 Å². The summed E-state index contributed by atoms with van der Waals surface area (Å²) in [6, 6.07) is 1.61. The number of hydrogen-bond acceptors (Lipinski definition) is 8. The summed E-state index contributed by atoms with van der Waals surface area (Å²) in [7, 11) is 1.38. The van der Waals surface area contributed by atoms with Crippen LogP contribution in [-0.2, 0) is 30.7 Å². The van der Waals surface area contributed by atoms with Gasteiger partial charge in [0.25, 0.3) is 12.6 Å². The van der Waals surface area contributed by atoms with E-state index in [9.17, 15) is 19.2 Å². The van der Waals surface area contributed by atoms with Gasteiger partial charge < -0.3 is 26.2 Å². The van der Waals surface area contributed by atoms with Crippen LogP contribution >= 0.6 is 0 Å². The average Bonchev–Trinajstić information content (AvgIpc) is 2.65. The van der Waals surface area contributed by atoms with Gasteiger partial charge in [0, 0.05) is 12.6 Å². The van der Waals surface area contributed by atoms with Gasteiger partial charge in [0.05, 0.1) is 20.1 Å². The highest BCUT2D eigenvalue weighted by atomic mass is 16.9. The van der Waals surface area contributed by atoms with E-state index in [0.717, 1.165) is 0 Å². The zero-order valence-electron chi connectivity index (χ0n) is 15.0. The van der Waals surface area contributed by atoms with Gasteiger partial charge in [0.1, 0.15) is 11.6 Å². The van der Waals surface area contributed by atoms with Crippen molar-refractivity contribution < 1.29 is 43.3 Å². The van der Waals surface area contributed by atoms with Crippen LogP contribution in [0.3, 0.4) is 0 Å². The van der Waals surface area contributed by atoms with Crippen LogP contribution in [0.1, 0.15) is 16.8 Å². The second-order valence-corrected chi connectivity index (χ2v) is 5.27. The Morgan fingerprint density at radius 2 is 2.07 bits per heavy atom. The number of aliphatic carboxylic acids is 1. The van der Waals surface area contributed by atoms with E-state index < -0.39 is 30.4 Å². The molecule has 1 aromatic rings. The van der Waals surface area contributed by atoms with Crippen molar-refractivity contribution >= 4 is 23.9 Å². The van der Waals surface area contributed by atoms with Gasteiger partial charge >= 0.3 is 12.1 Å². The van der Waals surface area contributed by atoms with Gasteiger partial charge in [-0.25, -0.2) is 9.59 Å². The summed E-state index contributed by atoms with van der Waals surface area (Å²) in [5.74, 6) is -2.69. The van der Waals surface area contributed by atoms with Crippen molar-refractivity contribution in [3.8, 4) is 0 Å². The van der Waals surface area contributed by atoms with Crippen LogP contribution in [0.25, 0.3) is 0 Å². The molecule has 1 rings (SSSR count). The molecule has 13 heteroatoms. The molecule has 0 saturated carbocycles. The first-order valence-electron chi connectivity index (χ1n) is 7.95. The Morgan fingerprint density at radius 1 is 1.32 bits per heavy atom. The molecule has 0 spiro atoms. The highest BCUT2D eigenvalue weighted by Crippen LogP contribution is 1.96. The molecule has 0 unspecified atom stereocenters. The number of nitrogens with zero attached hydrogens (tertiary/aromatic N) is 1. The number of carbonyl (C=O) groups excluding carboxylic acids is 3. The molecule has 13 nitrogen and oxygen atoms in total. The van der Waals surface area contributed by atoms with Crippen molar-refractivity contribution in [1.82, 2.24) is 16.3 Å². The fourth-order valence-corrected chi connectivity index (χ4v) is 1.87. The number of ether oxygens (including phenoxy) is 1. The topological polar surface area (TPSA) is 182 Å². The lowest BCUT2D eigenvalue weighted by Crippen LogP contribution is -2.45. The van der Waals surface area contributed by atoms with Gasteiger partial charge in [-0.2, -0.15) is 4.57 Å². The van der Waals surface area contributed by atoms with Crippen molar-refractivity contribution in [2.24, 2.45) is 5.73 Å². The van der Waals surface area contributed by atoms with E-state index in [0.29, 0.717) is 5.56 Å². The van der Waals surface area contributed by atoms with Crippen molar-refractivity contribution in [3.63, 3.8) is 0 Å². The zero-order chi connectivity index (χ0) is 20.9. The monoisotopic (exact) mass is 400 g/mol. The highest BCUT2D eigenvalue weighted by Gasteiger charge is 2.23. The minimum Gasteiger partial charge on any atom is -0.480 e. The van der Waals surface area contributed by atoms with Gasteiger partial charge in [-0.1, -0.05) is 5.64 Å². The number of amides is 3. The molecule has 0 radical (unpaired) electrons. The SMILES string of the molecule is CONOCCNC(=O)c1ccc[n+](COC(=O)N[C@@H](CC(N)=O)C(=O)O)c1. The van der Waals surface area contributed by atoms with Crippen molar-refractivity contribution in [3.05, 3.63) is 30.1 Å². The third kappa shape index (κ3) is 8.88. The molecule has 0 saturated heterocycles. The average molecular weight is 400 g/mol. The molecule has 28 heavy (non-hydrogen) atoms. The van der Waals surface area contributed by atoms with Gasteiger partial charge in [-0.3, -0.25) is 19.3 Å². The van der Waals surface area contributed by atoms with Crippen LogP contribution in [-0.4, -0.2) is 55.3 Å². The first-order valence-corrected chi connectivity index (χ1v) is 7.95. The number of alkyl carbamates (subject to hydrolysis) is 1. The lowest BCUT2D eigenvalue weighted by molar-refractivity contribution is -0.727. The maximum absolute atomic E-state index is 12.0. The van der Waals surface area contributed by atoms with E-state index in [2.05, 4.69) is 15.8 Å². The van der Waals surface area contributed by atoms with E-state index in [1.54, 1.807) is 12.1 Å². The highest BCUT2D eigenvalue weighted by molar-refractivity contribution is 5.93. The van der Waals surface area contributed by atoms with Crippen LogP contribution in [0.15, 0.2) is 24.5 Å². The first kappa shape index (κ1) is 22.8. The summed E-state index contributed by atoms with van der Waals surface area (Å²) < 4.78 is 6.26. The lowest BCUT2D eigenvalue weighted by atomic mass is 10.2. The van der Waals surface area contributed by atoms with Gasteiger partial charge in [0.2, 0.25) is 5.91 Å². The number of rotatable bonds is 12. The zero-order valence-corrected chi connectivity index (χ0v) is 15.0. The molecule has 0 fully saturated rings. The van der Waals surface area contributed by atoms with Crippen molar-refractivity contribution in [2.75, 3.05) is 20.3 Å². The van der Waals surface area contributed by atoms with Crippen LogP contribution in [0.2, 0.25) is 0 Å². The molecule has 1 heterocycles. The minimum atomic E-state index is -1.50. The molecule has 0 aliphatic carbocycles. The third-order valence-electron chi connectivity index (χ3n) is 3.09. The molecule has 6 N–H and O–H groups in total. The molecule has 3 amide bonds. The van der Waals surface area contributed by atoms with E-state index in [4.69, 9.17) is 20.4 Å². The summed E-state index contributed by atoms with van der Waals surface area (Å²) in [6.45, 7) is 0.0991. The second-order valence-electron chi connectivity index (χ2n) is 5.27. The number of primary amides is 1. The number of carboxylic acid groups (broad SMARTS) is 1. The number of pyridine rings is 1. The largest absolute Gasteiger partial charge is 0.480 e. The lowest BCUT2D eigenvalue weighted by Gasteiger charge is -2.11. The summed E-state index contributed by atoms with van der Waals surface area (Å²) >= 11 is 0. The standard InChI is InChI=1S/C15H21N5O8/c1-26-19-28-6-4-17-13(22)10-3-2-5-20(8-10)9-27-15(25)18-11(14(23)24)7-12(16)21/h2-3,5,8,11,19H,4,6-7,9H2,1H3,(H4-,16,17,18,21,22,23,24,25)/p+1/t11-/m0/s1. The fraction of sp³-hybridized carbons (Fsp3) is 0.400. The molecule has 0 aromatic carbocycles. The first-order chi connectivity index (χ1) is 13.3. The van der Waals surface area contributed by atoms with Crippen molar-refractivity contribution in [2.45, 2.75) is 19.2 Å². The molecule has 154 valence electrons. The normalized spacial score (nSPS) is 11.3. The molecule has 1 atom stereocenters. The van der Waals surface area contributed by atoms with Crippen LogP contribution in [0, 0.1) is 0 Å². The number of hydrogen-bond donors (Lipinski definition) is 5. The summed E-state index contributed by atoms with van der Waals surface area (Å²) in [5, 5.41) is 13.5. The minimum absolute atomic E-state index is 0.172. The molecular formula is C15H22N5O8+. The molecule has 0 aliphatic heterocycles. The maximum atomic E-state index is 12.0. The molecular weight excluding hydrogens is 378 g/mol. The van der Waals surface area contributed by atoms with E-state index >= 15 is 0 Å². The molecule has 0 bridgehead atoms. The van der Waals surface area contributed by atoms with Gasteiger partial charge in [0.15, 0.2) is 12.4 Å². The van der Waals surface area contributed by atoms with Crippen LogP contribution in [0.5, 0.6) is 0 Å². The van der Waals surface area contributed by atoms with Gasteiger partial charge in [-0.05, 0) is 6.07 Å². The summed E-state index contributed by atoms with van der Waals surface area (Å²) in [4.78, 5) is 54.8. The Morgan fingerprint density at radius 3 is 2.71 bits per heavy atom. The quantitative estimate of drug-likeness (QED) is 0.148. The molecule has 1 aromatic heterocycles. The fourth-order valence-electron chi connectivity index (χ4n) is 1.87. The Bertz CT molecular complexity index is 699. The molecule has 0 aliphatic rings. The maximum Gasteiger partial charge on any atom is 0.412 e. The Balaban J connectivity index is 2.51. The third-order valence-corrected chi connectivity index (χ3v) is 3.09. The number of aromatic nitrogens is 1. The Hall–Kier alpha value is -3.29. The van der Waals surface area contributed by atoms with E-state index in [1.807, 2.05) is 5.32 Å². The number of carbonyl (C=O) groups is 4. The second kappa shape index (κ2) is 12.2. The smallest absolute Gasteiger partial charge is 0.412 e. The van der Waals surface area contributed by atoms with Crippen molar-refractivity contribution in [1.29, 1.82) is 0 Å². The predicted molar refractivity (Wildman–Crippen MR) is 89.9 cm³/mol. The number of nitrogens with two attached hydrogens (primary N) is 1. The predicted octanol–water partition coefficient (Wildman–Crippen LogP) is -2.20. The van der Waals surface area contributed by atoms with E-state index in [-0.39, 0.29) is 25.8 Å². The van der Waals surface area contributed by atoms with Crippen LogP contribution in [0.4, 0.5) is 4.79 Å². The Kier molecular flexibility index (Phi) is 9.88. The summed E-state index contributed by atoms with van der Waals surface area (Å²) in [5.41, 5.74) is 7.37.